The third kappa shape index (κ3) is 3.83. The highest BCUT2D eigenvalue weighted by atomic mass is 32.1. The Morgan fingerprint density at radius 2 is 2.15 bits per heavy atom. The standard InChI is InChI=1S/C16H26N2OS/c1-2-18(12-14-7-6-10-20-14)15(19)11-16(13-17)8-4-3-5-9-16/h6-7,10H,2-5,8-9,11-13,17H2,1H3. The Morgan fingerprint density at radius 1 is 1.40 bits per heavy atom. The molecule has 0 saturated heterocycles. The van der Waals surface area contributed by atoms with Gasteiger partial charge in [0.25, 0.3) is 0 Å². The van der Waals surface area contributed by atoms with Crippen LogP contribution in [-0.2, 0) is 11.3 Å². The second-order valence-electron chi connectivity index (χ2n) is 5.93. The monoisotopic (exact) mass is 294 g/mol. The quantitative estimate of drug-likeness (QED) is 0.874. The zero-order valence-corrected chi connectivity index (χ0v) is 13.3. The van der Waals surface area contributed by atoms with E-state index in [-0.39, 0.29) is 11.3 Å². The molecule has 1 amide bonds. The van der Waals surface area contributed by atoms with E-state index in [0.717, 1.165) is 25.9 Å². The van der Waals surface area contributed by atoms with Gasteiger partial charge in [0.2, 0.25) is 5.91 Å². The fraction of sp³-hybridized carbons (Fsp3) is 0.688. The minimum absolute atomic E-state index is 0.0677. The van der Waals surface area contributed by atoms with Crippen molar-refractivity contribution in [3.63, 3.8) is 0 Å². The summed E-state index contributed by atoms with van der Waals surface area (Å²) in [4.78, 5) is 15.8. The molecule has 1 fully saturated rings. The minimum atomic E-state index is 0.0677. The number of rotatable bonds is 6. The molecule has 0 aromatic carbocycles. The van der Waals surface area contributed by atoms with E-state index in [1.54, 1.807) is 11.3 Å². The number of carbonyl (C=O) groups excluding carboxylic acids is 1. The molecule has 1 aliphatic rings. The van der Waals surface area contributed by atoms with Crippen molar-refractivity contribution in [2.24, 2.45) is 11.1 Å². The summed E-state index contributed by atoms with van der Waals surface area (Å²) in [6, 6.07) is 4.14. The maximum Gasteiger partial charge on any atom is 0.223 e. The number of hydrogen-bond donors (Lipinski definition) is 1. The molecule has 0 spiro atoms. The zero-order chi connectivity index (χ0) is 14.4. The SMILES string of the molecule is CCN(Cc1cccs1)C(=O)CC1(CN)CCCCC1. The first kappa shape index (κ1) is 15.5. The third-order valence-corrected chi connectivity index (χ3v) is 5.40. The molecule has 2 rings (SSSR count). The Bertz CT molecular complexity index is 410. The van der Waals surface area contributed by atoms with Crippen LogP contribution < -0.4 is 5.73 Å². The van der Waals surface area contributed by atoms with Crippen molar-refractivity contribution in [1.82, 2.24) is 4.90 Å². The van der Waals surface area contributed by atoms with Gasteiger partial charge in [-0.3, -0.25) is 4.79 Å². The van der Waals surface area contributed by atoms with E-state index in [2.05, 4.69) is 18.4 Å². The van der Waals surface area contributed by atoms with Crippen molar-refractivity contribution in [2.45, 2.75) is 52.0 Å². The Morgan fingerprint density at radius 3 is 2.70 bits per heavy atom. The molecular formula is C16H26N2OS. The van der Waals surface area contributed by atoms with Gasteiger partial charge in [-0.05, 0) is 43.2 Å². The van der Waals surface area contributed by atoms with Crippen molar-refractivity contribution in [2.75, 3.05) is 13.1 Å². The van der Waals surface area contributed by atoms with Crippen LogP contribution in [0.4, 0.5) is 0 Å². The predicted octanol–water partition coefficient (Wildman–Crippen LogP) is 3.40. The van der Waals surface area contributed by atoms with Crippen LogP contribution in [-0.4, -0.2) is 23.9 Å². The van der Waals surface area contributed by atoms with Crippen LogP contribution in [0.1, 0.15) is 50.3 Å². The second kappa shape index (κ2) is 7.23. The highest BCUT2D eigenvalue weighted by Gasteiger charge is 2.34. The first-order valence-electron chi connectivity index (χ1n) is 7.69. The predicted molar refractivity (Wildman–Crippen MR) is 84.6 cm³/mol. The fourth-order valence-electron chi connectivity index (χ4n) is 3.15. The van der Waals surface area contributed by atoms with Gasteiger partial charge in [-0.2, -0.15) is 0 Å². The molecule has 0 aliphatic heterocycles. The molecule has 1 aromatic heterocycles. The molecule has 1 aromatic rings. The van der Waals surface area contributed by atoms with Crippen molar-refractivity contribution in [1.29, 1.82) is 0 Å². The lowest BCUT2D eigenvalue weighted by molar-refractivity contribution is -0.134. The molecule has 20 heavy (non-hydrogen) atoms. The highest BCUT2D eigenvalue weighted by Crippen LogP contribution is 2.38. The Kier molecular flexibility index (Phi) is 5.61. The van der Waals surface area contributed by atoms with Crippen LogP contribution in [0.5, 0.6) is 0 Å². The number of amides is 1. The molecule has 0 radical (unpaired) electrons. The Labute approximate surface area is 126 Å². The van der Waals surface area contributed by atoms with E-state index >= 15 is 0 Å². The molecule has 1 aliphatic carbocycles. The summed E-state index contributed by atoms with van der Waals surface area (Å²) in [7, 11) is 0. The summed E-state index contributed by atoms with van der Waals surface area (Å²) in [6.45, 7) is 4.22. The first-order chi connectivity index (χ1) is 9.69. The second-order valence-corrected chi connectivity index (χ2v) is 6.96. The van der Waals surface area contributed by atoms with E-state index < -0.39 is 0 Å². The number of nitrogens with zero attached hydrogens (tertiary/aromatic N) is 1. The van der Waals surface area contributed by atoms with Gasteiger partial charge in [-0.25, -0.2) is 0 Å². The summed E-state index contributed by atoms with van der Waals surface area (Å²) in [5, 5.41) is 2.07. The van der Waals surface area contributed by atoms with E-state index in [1.165, 1.54) is 24.1 Å². The summed E-state index contributed by atoms with van der Waals surface area (Å²) < 4.78 is 0. The van der Waals surface area contributed by atoms with Crippen LogP contribution in [0.2, 0.25) is 0 Å². The number of thiophene rings is 1. The summed E-state index contributed by atoms with van der Waals surface area (Å²) in [5.74, 6) is 0.272. The maximum atomic E-state index is 12.6. The smallest absolute Gasteiger partial charge is 0.223 e. The zero-order valence-electron chi connectivity index (χ0n) is 12.4. The van der Waals surface area contributed by atoms with Gasteiger partial charge in [0, 0.05) is 17.8 Å². The molecule has 0 bridgehead atoms. The van der Waals surface area contributed by atoms with Crippen LogP contribution in [0.25, 0.3) is 0 Å². The van der Waals surface area contributed by atoms with Gasteiger partial charge in [0.1, 0.15) is 0 Å². The molecular weight excluding hydrogens is 268 g/mol. The number of carbonyl (C=O) groups is 1. The van der Waals surface area contributed by atoms with Gasteiger partial charge >= 0.3 is 0 Å². The molecule has 1 heterocycles. The van der Waals surface area contributed by atoms with Gasteiger partial charge in [0.15, 0.2) is 0 Å². The highest BCUT2D eigenvalue weighted by molar-refractivity contribution is 7.09. The van der Waals surface area contributed by atoms with Crippen molar-refractivity contribution < 1.29 is 4.79 Å². The van der Waals surface area contributed by atoms with Crippen molar-refractivity contribution in [3.05, 3.63) is 22.4 Å². The van der Waals surface area contributed by atoms with Gasteiger partial charge in [-0.1, -0.05) is 25.3 Å². The van der Waals surface area contributed by atoms with Gasteiger partial charge in [-0.15, -0.1) is 11.3 Å². The van der Waals surface area contributed by atoms with Crippen LogP contribution in [0.3, 0.4) is 0 Å². The molecule has 3 nitrogen and oxygen atoms in total. The van der Waals surface area contributed by atoms with Crippen LogP contribution in [0, 0.1) is 5.41 Å². The first-order valence-corrected chi connectivity index (χ1v) is 8.57. The number of hydrogen-bond acceptors (Lipinski definition) is 3. The maximum absolute atomic E-state index is 12.6. The average molecular weight is 294 g/mol. The van der Waals surface area contributed by atoms with E-state index in [0.29, 0.717) is 13.0 Å². The lowest BCUT2D eigenvalue weighted by Gasteiger charge is -2.37. The largest absolute Gasteiger partial charge is 0.338 e. The van der Waals surface area contributed by atoms with Crippen LogP contribution in [0.15, 0.2) is 17.5 Å². The Hall–Kier alpha value is -0.870. The molecule has 2 N–H and O–H groups in total. The normalized spacial score (nSPS) is 17.9. The van der Waals surface area contributed by atoms with Crippen molar-refractivity contribution in [3.8, 4) is 0 Å². The summed E-state index contributed by atoms with van der Waals surface area (Å²) >= 11 is 1.72. The van der Waals surface area contributed by atoms with Crippen LogP contribution >= 0.6 is 11.3 Å². The molecule has 0 atom stereocenters. The molecule has 1 saturated carbocycles. The van der Waals surface area contributed by atoms with E-state index in [1.807, 2.05) is 11.0 Å². The average Bonchev–Trinajstić information content (AvgIpc) is 2.98. The minimum Gasteiger partial charge on any atom is -0.338 e. The lowest BCUT2D eigenvalue weighted by Crippen LogP contribution is -2.40. The van der Waals surface area contributed by atoms with E-state index in [4.69, 9.17) is 5.73 Å². The number of nitrogens with two attached hydrogens (primary N) is 1. The summed E-state index contributed by atoms with van der Waals surface area (Å²) in [6.07, 6.45) is 6.60. The molecule has 4 heteroatoms. The van der Waals surface area contributed by atoms with E-state index in [9.17, 15) is 4.79 Å². The Balaban J connectivity index is 1.97. The van der Waals surface area contributed by atoms with Crippen molar-refractivity contribution >= 4 is 17.2 Å². The summed E-state index contributed by atoms with van der Waals surface area (Å²) in [5.41, 5.74) is 6.06. The van der Waals surface area contributed by atoms with Gasteiger partial charge < -0.3 is 10.6 Å². The lowest BCUT2D eigenvalue weighted by atomic mass is 9.71. The third-order valence-electron chi connectivity index (χ3n) is 4.53. The molecule has 112 valence electrons. The topological polar surface area (TPSA) is 46.3 Å². The molecule has 0 unspecified atom stereocenters. The fourth-order valence-corrected chi connectivity index (χ4v) is 3.87. The van der Waals surface area contributed by atoms with Gasteiger partial charge in [0.05, 0.1) is 6.54 Å².